The van der Waals surface area contributed by atoms with Crippen LogP contribution >= 0.6 is 0 Å². The van der Waals surface area contributed by atoms with E-state index in [4.69, 9.17) is 5.26 Å². The van der Waals surface area contributed by atoms with Crippen molar-refractivity contribution in [2.45, 2.75) is 39.7 Å². The Morgan fingerprint density at radius 2 is 2.19 bits per heavy atom. The fraction of sp³-hybridized carbons (Fsp3) is 0.538. The largest absolute Gasteiger partial charge is 0.368 e. The van der Waals surface area contributed by atoms with Gasteiger partial charge in [0.15, 0.2) is 0 Å². The lowest BCUT2D eigenvalue weighted by Gasteiger charge is -2.17. The van der Waals surface area contributed by atoms with Crippen LogP contribution in [0, 0.1) is 17.2 Å². The molecule has 1 aromatic rings. The molecule has 16 heavy (non-hydrogen) atoms. The number of rotatable bonds is 5. The maximum absolute atomic E-state index is 8.74. The zero-order chi connectivity index (χ0) is 12.0. The lowest BCUT2D eigenvalue weighted by atomic mass is 10.0. The number of hydrogen-bond acceptors (Lipinski definition) is 3. The summed E-state index contributed by atoms with van der Waals surface area (Å²) in [6, 6.07) is 7.89. The van der Waals surface area contributed by atoms with Gasteiger partial charge in [-0.25, -0.2) is 4.98 Å². The van der Waals surface area contributed by atoms with E-state index in [1.807, 2.05) is 18.2 Å². The van der Waals surface area contributed by atoms with Crippen LogP contribution in [0.25, 0.3) is 0 Å². The van der Waals surface area contributed by atoms with Crippen LogP contribution in [0.4, 0.5) is 5.82 Å². The number of hydrogen-bond donors (Lipinski definition) is 1. The molecule has 1 aromatic heterocycles. The van der Waals surface area contributed by atoms with Gasteiger partial charge in [0.1, 0.15) is 17.6 Å². The fourth-order valence-electron chi connectivity index (χ4n) is 1.66. The van der Waals surface area contributed by atoms with Gasteiger partial charge in [-0.05, 0) is 31.4 Å². The summed E-state index contributed by atoms with van der Waals surface area (Å²) < 4.78 is 0. The van der Waals surface area contributed by atoms with Gasteiger partial charge < -0.3 is 5.32 Å². The average molecular weight is 217 g/mol. The molecule has 3 heteroatoms. The normalized spacial score (nSPS) is 13.9. The van der Waals surface area contributed by atoms with Gasteiger partial charge in [0, 0.05) is 6.04 Å². The lowest BCUT2D eigenvalue weighted by Crippen LogP contribution is -2.19. The number of nitriles is 1. The van der Waals surface area contributed by atoms with Crippen LogP contribution in [-0.2, 0) is 0 Å². The molecule has 0 aliphatic carbocycles. The highest BCUT2D eigenvalue weighted by Gasteiger charge is 2.07. The van der Waals surface area contributed by atoms with Crippen molar-refractivity contribution >= 4 is 5.82 Å². The molecule has 1 rings (SSSR count). The zero-order valence-electron chi connectivity index (χ0n) is 10.2. The molecule has 1 N–H and O–H groups in total. The van der Waals surface area contributed by atoms with Gasteiger partial charge >= 0.3 is 0 Å². The van der Waals surface area contributed by atoms with Crippen molar-refractivity contribution in [3.63, 3.8) is 0 Å². The van der Waals surface area contributed by atoms with Crippen molar-refractivity contribution in [2.75, 3.05) is 5.32 Å². The van der Waals surface area contributed by atoms with E-state index in [2.05, 4.69) is 31.1 Å². The van der Waals surface area contributed by atoms with Crippen molar-refractivity contribution in [3.05, 3.63) is 23.9 Å². The first kappa shape index (κ1) is 12.5. The topological polar surface area (TPSA) is 48.7 Å². The minimum atomic E-state index is 0.386. The van der Waals surface area contributed by atoms with Crippen molar-refractivity contribution < 1.29 is 0 Å². The molecule has 1 heterocycles. The number of nitrogens with zero attached hydrogens (tertiary/aromatic N) is 2. The Balaban J connectivity index is 2.56. The van der Waals surface area contributed by atoms with Crippen molar-refractivity contribution in [2.24, 2.45) is 5.92 Å². The third kappa shape index (κ3) is 3.90. The molecule has 0 aromatic carbocycles. The second-order valence-electron chi connectivity index (χ2n) is 4.31. The summed E-state index contributed by atoms with van der Waals surface area (Å²) in [6.07, 6.45) is 2.31. The molecule has 0 aliphatic heterocycles. The Bertz CT molecular complexity index is 368. The first-order valence-electron chi connectivity index (χ1n) is 5.79. The summed E-state index contributed by atoms with van der Waals surface area (Å²) in [7, 11) is 0. The first-order chi connectivity index (χ1) is 7.65. The van der Waals surface area contributed by atoms with Gasteiger partial charge in [0.2, 0.25) is 0 Å². The van der Waals surface area contributed by atoms with Crippen LogP contribution in [-0.4, -0.2) is 11.0 Å². The molecule has 0 spiro atoms. The van der Waals surface area contributed by atoms with E-state index in [0.717, 1.165) is 12.2 Å². The van der Waals surface area contributed by atoms with Gasteiger partial charge in [-0.2, -0.15) is 5.26 Å². The lowest BCUT2D eigenvalue weighted by molar-refractivity contribution is 0.483. The molecule has 0 amide bonds. The Hall–Kier alpha value is -1.56. The van der Waals surface area contributed by atoms with Crippen LogP contribution in [0.3, 0.4) is 0 Å². The second kappa shape index (κ2) is 6.12. The van der Waals surface area contributed by atoms with E-state index in [0.29, 0.717) is 17.7 Å². The molecule has 0 bridgehead atoms. The van der Waals surface area contributed by atoms with Gasteiger partial charge in [-0.1, -0.05) is 26.3 Å². The minimum Gasteiger partial charge on any atom is -0.368 e. The highest BCUT2D eigenvalue weighted by atomic mass is 15.0. The van der Waals surface area contributed by atoms with E-state index in [9.17, 15) is 0 Å². The second-order valence-corrected chi connectivity index (χ2v) is 4.31. The molecule has 0 fully saturated rings. The van der Waals surface area contributed by atoms with Crippen LogP contribution < -0.4 is 5.32 Å². The van der Waals surface area contributed by atoms with E-state index in [-0.39, 0.29) is 0 Å². The summed E-state index contributed by atoms with van der Waals surface area (Å²) in [4.78, 5) is 4.19. The number of aromatic nitrogens is 1. The summed E-state index contributed by atoms with van der Waals surface area (Å²) in [6.45, 7) is 6.59. The molecule has 2 atom stereocenters. The third-order valence-corrected chi connectivity index (χ3v) is 2.71. The average Bonchev–Trinajstić information content (AvgIpc) is 2.28. The van der Waals surface area contributed by atoms with E-state index in [1.165, 1.54) is 6.42 Å². The Morgan fingerprint density at radius 1 is 1.44 bits per heavy atom. The van der Waals surface area contributed by atoms with E-state index < -0.39 is 0 Å². The highest BCUT2D eigenvalue weighted by molar-refractivity contribution is 5.39. The summed E-state index contributed by atoms with van der Waals surface area (Å²) in [5.41, 5.74) is 0.459. The molecule has 86 valence electrons. The summed E-state index contributed by atoms with van der Waals surface area (Å²) in [5.74, 6) is 1.50. The maximum Gasteiger partial charge on any atom is 0.142 e. The number of pyridine rings is 1. The van der Waals surface area contributed by atoms with Crippen LogP contribution in [0.2, 0.25) is 0 Å². The highest BCUT2D eigenvalue weighted by Crippen LogP contribution is 2.13. The number of anilines is 1. The predicted octanol–water partition coefficient (Wildman–Crippen LogP) is 3.19. The van der Waals surface area contributed by atoms with Gasteiger partial charge in [-0.15, -0.1) is 0 Å². The van der Waals surface area contributed by atoms with Gasteiger partial charge in [0.05, 0.1) is 0 Å². The van der Waals surface area contributed by atoms with Gasteiger partial charge in [0.25, 0.3) is 0 Å². The Kier molecular flexibility index (Phi) is 4.78. The van der Waals surface area contributed by atoms with Crippen molar-refractivity contribution in [3.8, 4) is 6.07 Å². The fourth-order valence-corrected chi connectivity index (χ4v) is 1.66. The molecular weight excluding hydrogens is 198 g/mol. The molecule has 0 radical (unpaired) electrons. The monoisotopic (exact) mass is 217 g/mol. The van der Waals surface area contributed by atoms with E-state index >= 15 is 0 Å². The standard InChI is InChI=1S/C13H19N3/c1-4-10(2)8-11(3)15-13-7-5-6-12(9-14)16-13/h5-7,10-11H,4,8H2,1-3H3,(H,15,16). The SMILES string of the molecule is CCC(C)CC(C)Nc1cccc(C#N)n1. The molecule has 0 saturated heterocycles. The molecule has 0 aliphatic rings. The van der Waals surface area contributed by atoms with Crippen molar-refractivity contribution in [1.29, 1.82) is 5.26 Å². The molecular formula is C13H19N3. The summed E-state index contributed by atoms with van der Waals surface area (Å²) in [5, 5.41) is 12.1. The number of nitrogens with one attached hydrogen (secondary N) is 1. The Labute approximate surface area is 97.5 Å². The summed E-state index contributed by atoms with van der Waals surface area (Å²) >= 11 is 0. The first-order valence-corrected chi connectivity index (χ1v) is 5.79. The van der Waals surface area contributed by atoms with Crippen LogP contribution in [0.5, 0.6) is 0 Å². The predicted molar refractivity (Wildman–Crippen MR) is 66.1 cm³/mol. The van der Waals surface area contributed by atoms with E-state index in [1.54, 1.807) is 6.07 Å². The smallest absolute Gasteiger partial charge is 0.142 e. The quantitative estimate of drug-likeness (QED) is 0.824. The van der Waals surface area contributed by atoms with Crippen LogP contribution in [0.15, 0.2) is 18.2 Å². The zero-order valence-corrected chi connectivity index (χ0v) is 10.2. The Morgan fingerprint density at radius 3 is 2.81 bits per heavy atom. The van der Waals surface area contributed by atoms with Gasteiger partial charge in [-0.3, -0.25) is 0 Å². The third-order valence-electron chi connectivity index (χ3n) is 2.71. The van der Waals surface area contributed by atoms with Crippen molar-refractivity contribution in [1.82, 2.24) is 4.98 Å². The van der Waals surface area contributed by atoms with Crippen LogP contribution in [0.1, 0.15) is 39.3 Å². The maximum atomic E-state index is 8.74. The minimum absolute atomic E-state index is 0.386. The molecule has 0 saturated carbocycles. The molecule has 3 nitrogen and oxygen atoms in total. The molecule has 2 unspecified atom stereocenters.